The summed E-state index contributed by atoms with van der Waals surface area (Å²) in [5.41, 5.74) is -2.99. The molecule has 1 aromatic rings. The van der Waals surface area contributed by atoms with Crippen LogP contribution >= 0.6 is 0 Å². The van der Waals surface area contributed by atoms with Gasteiger partial charge in [0, 0.05) is 5.69 Å². The zero-order chi connectivity index (χ0) is 17.3. The van der Waals surface area contributed by atoms with Gasteiger partial charge in [0.2, 0.25) is 0 Å². The van der Waals surface area contributed by atoms with Crippen molar-refractivity contribution in [2.24, 2.45) is 0 Å². The van der Waals surface area contributed by atoms with Gasteiger partial charge in [-0.25, -0.2) is 0 Å². The monoisotopic (exact) mass is 341 g/mol. The summed E-state index contributed by atoms with van der Waals surface area (Å²) >= 11 is 0. The first-order valence-corrected chi connectivity index (χ1v) is 5.05. The molecule has 0 heterocycles. The highest BCUT2D eigenvalue weighted by molar-refractivity contribution is 5.95. The van der Waals surface area contributed by atoms with E-state index in [1.54, 1.807) is 0 Å². The number of hydrogen-bond acceptors (Lipinski definition) is 2. The van der Waals surface area contributed by atoms with E-state index in [0.717, 1.165) is 5.32 Å². The molecule has 0 spiro atoms. The summed E-state index contributed by atoms with van der Waals surface area (Å²) in [7, 11) is 0. The van der Waals surface area contributed by atoms with Gasteiger partial charge in [-0.1, -0.05) is 0 Å². The molecule has 0 saturated heterocycles. The molecular formula is C10H4F9NO2. The van der Waals surface area contributed by atoms with Crippen molar-refractivity contribution in [2.75, 3.05) is 5.32 Å². The number of anilines is 1. The summed E-state index contributed by atoms with van der Waals surface area (Å²) < 4.78 is 113. The molecule has 1 rings (SSSR count). The quantitative estimate of drug-likeness (QED) is 0.823. The number of nitrogens with one attached hydrogen (secondary N) is 1. The Balaban J connectivity index is 3.19. The average molecular weight is 341 g/mol. The molecule has 0 bridgehead atoms. The van der Waals surface area contributed by atoms with Crippen LogP contribution in [0.25, 0.3) is 0 Å². The lowest BCUT2D eigenvalue weighted by molar-refractivity contribution is -0.276. The van der Waals surface area contributed by atoms with Gasteiger partial charge < -0.3 is 10.1 Å². The number of alkyl halides is 9. The second-order valence-electron chi connectivity index (χ2n) is 3.71. The van der Waals surface area contributed by atoms with Crippen LogP contribution in [-0.2, 0) is 11.0 Å². The van der Waals surface area contributed by atoms with E-state index in [1.807, 2.05) is 0 Å². The van der Waals surface area contributed by atoms with Crippen molar-refractivity contribution in [1.82, 2.24) is 0 Å². The molecule has 0 radical (unpaired) electrons. The topological polar surface area (TPSA) is 38.3 Å². The van der Waals surface area contributed by atoms with E-state index in [4.69, 9.17) is 0 Å². The third-order valence-corrected chi connectivity index (χ3v) is 2.03. The van der Waals surface area contributed by atoms with Crippen LogP contribution in [0.4, 0.5) is 45.2 Å². The van der Waals surface area contributed by atoms with E-state index in [-0.39, 0.29) is 12.1 Å². The summed E-state index contributed by atoms with van der Waals surface area (Å²) in [6.07, 6.45) is -16.2. The number of hydrogen-bond donors (Lipinski definition) is 1. The molecule has 1 N–H and O–H groups in total. The maximum Gasteiger partial charge on any atom is 0.573 e. The van der Waals surface area contributed by atoms with Crippen molar-refractivity contribution in [2.45, 2.75) is 18.7 Å². The van der Waals surface area contributed by atoms with Crippen molar-refractivity contribution < 1.29 is 49.0 Å². The second kappa shape index (κ2) is 5.57. The minimum atomic E-state index is -5.43. The molecule has 0 unspecified atom stereocenters. The van der Waals surface area contributed by atoms with Gasteiger partial charge in [-0.2, -0.15) is 26.3 Å². The van der Waals surface area contributed by atoms with E-state index in [1.165, 1.54) is 0 Å². The number of carbonyl (C=O) groups is 1. The Morgan fingerprint density at radius 3 is 1.91 bits per heavy atom. The average Bonchev–Trinajstić information content (AvgIpc) is 2.26. The highest BCUT2D eigenvalue weighted by atomic mass is 19.4. The van der Waals surface area contributed by atoms with Crippen LogP contribution < -0.4 is 10.1 Å². The zero-order valence-corrected chi connectivity index (χ0v) is 9.95. The smallest absolute Gasteiger partial charge is 0.405 e. The van der Waals surface area contributed by atoms with E-state index in [0.29, 0.717) is 6.07 Å². The predicted molar refractivity (Wildman–Crippen MR) is 52.8 cm³/mol. The van der Waals surface area contributed by atoms with E-state index < -0.39 is 41.6 Å². The molecular weight excluding hydrogens is 337 g/mol. The Morgan fingerprint density at radius 2 is 1.50 bits per heavy atom. The fourth-order valence-electron chi connectivity index (χ4n) is 1.24. The molecule has 0 aromatic heterocycles. The van der Waals surface area contributed by atoms with E-state index in [9.17, 15) is 44.3 Å². The molecule has 124 valence electrons. The molecule has 0 aliphatic heterocycles. The number of carbonyl (C=O) groups excluding carboxylic acids is 1. The predicted octanol–water partition coefficient (Wildman–Crippen LogP) is 4.10. The van der Waals surface area contributed by atoms with Crippen LogP contribution in [0.1, 0.15) is 5.56 Å². The van der Waals surface area contributed by atoms with Crippen molar-refractivity contribution in [1.29, 1.82) is 0 Å². The SMILES string of the molecule is O=C(Nc1ccc(OC(F)(F)F)c(C(F)(F)F)c1)C(F)(F)F. The number of benzene rings is 1. The largest absolute Gasteiger partial charge is 0.573 e. The van der Waals surface area contributed by atoms with Gasteiger partial charge in [0.05, 0.1) is 5.56 Å². The van der Waals surface area contributed by atoms with Crippen LogP contribution in [0.3, 0.4) is 0 Å². The van der Waals surface area contributed by atoms with Gasteiger partial charge in [0.15, 0.2) is 0 Å². The lowest BCUT2D eigenvalue weighted by Crippen LogP contribution is -2.30. The first-order valence-electron chi connectivity index (χ1n) is 5.05. The third-order valence-electron chi connectivity index (χ3n) is 2.03. The summed E-state index contributed by atoms with van der Waals surface area (Å²) in [5, 5.41) is 1.08. The molecule has 0 atom stereocenters. The summed E-state index contributed by atoms with van der Waals surface area (Å²) in [6, 6.07) is 0.437. The highest BCUT2D eigenvalue weighted by Gasteiger charge is 2.41. The van der Waals surface area contributed by atoms with Crippen LogP contribution in [0.15, 0.2) is 18.2 Å². The molecule has 0 aliphatic rings. The molecule has 3 nitrogen and oxygen atoms in total. The van der Waals surface area contributed by atoms with Gasteiger partial charge in [-0.3, -0.25) is 4.79 Å². The van der Waals surface area contributed by atoms with Crippen LogP contribution in [0, 0.1) is 0 Å². The maximum absolute atomic E-state index is 12.6. The second-order valence-corrected chi connectivity index (χ2v) is 3.71. The normalized spacial score (nSPS) is 13.0. The summed E-state index contributed by atoms with van der Waals surface area (Å²) in [6.45, 7) is 0. The Kier molecular flexibility index (Phi) is 4.54. The Labute approximate surface area is 115 Å². The Bertz CT molecular complexity index is 559. The Hall–Kier alpha value is -2.14. The summed E-state index contributed by atoms with van der Waals surface area (Å²) in [5.74, 6) is -4.24. The van der Waals surface area contributed by atoms with Crippen LogP contribution in [0.5, 0.6) is 5.75 Å². The van der Waals surface area contributed by atoms with Gasteiger partial charge in [0.25, 0.3) is 0 Å². The third kappa shape index (κ3) is 5.00. The number of ether oxygens (including phenoxy) is 1. The van der Waals surface area contributed by atoms with Crippen molar-refractivity contribution in [3.8, 4) is 5.75 Å². The van der Waals surface area contributed by atoms with Gasteiger partial charge in [-0.15, -0.1) is 13.2 Å². The zero-order valence-electron chi connectivity index (χ0n) is 9.95. The van der Waals surface area contributed by atoms with Crippen LogP contribution in [-0.4, -0.2) is 18.4 Å². The van der Waals surface area contributed by atoms with E-state index in [2.05, 4.69) is 4.74 Å². The van der Waals surface area contributed by atoms with Crippen molar-refractivity contribution >= 4 is 11.6 Å². The fraction of sp³-hybridized carbons (Fsp3) is 0.300. The lowest BCUT2D eigenvalue weighted by atomic mass is 10.1. The molecule has 0 saturated carbocycles. The van der Waals surface area contributed by atoms with E-state index >= 15 is 0 Å². The minimum Gasteiger partial charge on any atom is -0.405 e. The molecule has 12 heteroatoms. The maximum atomic E-state index is 12.6. The molecule has 0 fully saturated rings. The molecule has 22 heavy (non-hydrogen) atoms. The standard InChI is InChI=1S/C10H4F9NO2/c11-8(12,13)5-3-4(20-7(21)9(14,15)16)1-2-6(5)22-10(17,18)19/h1-3H,(H,20,21). The minimum absolute atomic E-state index is 0.106. The van der Waals surface area contributed by atoms with Gasteiger partial charge in [0.1, 0.15) is 5.75 Å². The van der Waals surface area contributed by atoms with Crippen molar-refractivity contribution in [3.63, 3.8) is 0 Å². The first kappa shape index (κ1) is 17.9. The van der Waals surface area contributed by atoms with Crippen molar-refractivity contribution in [3.05, 3.63) is 23.8 Å². The first-order chi connectivity index (χ1) is 9.70. The summed E-state index contributed by atoms with van der Waals surface area (Å²) in [4.78, 5) is 10.6. The Morgan fingerprint density at radius 1 is 0.955 bits per heavy atom. The van der Waals surface area contributed by atoms with Gasteiger partial charge >= 0.3 is 24.6 Å². The number of halogens is 9. The molecule has 1 amide bonds. The highest BCUT2D eigenvalue weighted by Crippen LogP contribution is 2.40. The molecule has 0 aliphatic carbocycles. The number of amides is 1. The fourth-order valence-corrected chi connectivity index (χ4v) is 1.24. The lowest BCUT2D eigenvalue weighted by Gasteiger charge is -2.17. The van der Waals surface area contributed by atoms with Gasteiger partial charge in [-0.05, 0) is 18.2 Å². The molecule has 1 aromatic carbocycles. The number of rotatable bonds is 2. The van der Waals surface area contributed by atoms with Crippen LogP contribution in [0.2, 0.25) is 0 Å².